The lowest BCUT2D eigenvalue weighted by molar-refractivity contribution is -0.136. The summed E-state index contributed by atoms with van der Waals surface area (Å²) in [6, 6.07) is 14.5. The van der Waals surface area contributed by atoms with Crippen molar-refractivity contribution >= 4 is 29.3 Å². The highest BCUT2D eigenvalue weighted by molar-refractivity contribution is 6.23. The molecule has 11 heteroatoms. The number of imide groups is 2. The Labute approximate surface area is 263 Å². The molecule has 0 radical (unpaired) electrons. The molecule has 1 unspecified atom stereocenters. The van der Waals surface area contributed by atoms with Crippen LogP contribution >= 0.6 is 0 Å². The average molecular weight is 620 g/mol. The number of anilines is 1. The van der Waals surface area contributed by atoms with Crippen LogP contribution < -0.4 is 10.2 Å². The number of carbonyl (C=O) groups is 4. The van der Waals surface area contributed by atoms with E-state index in [9.17, 15) is 19.2 Å². The first-order chi connectivity index (χ1) is 22.0. The van der Waals surface area contributed by atoms with Gasteiger partial charge in [0.25, 0.3) is 11.8 Å². The van der Waals surface area contributed by atoms with Crippen molar-refractivity contribution in [2.75, 3.05) is 44.4 Å². The standard InChI is InChI=1S/C34H41N3O8/c38-31-10-9-30(32(39)35-31)37-33(40)28-8-7-24(19-29(28)34(37)41)36-13-11-25(12-14-36)44-18-17-42-15-4-16-43-26-20-27(21-26)45-22-23-5-2-1-3-6-23/h1-3,5-8,19,25-27,30H,4,9-18,20-22H2,(H,35,38,39). The normalized spacial score (nSPS) is 23.7. The Hall–Kier alpha value is -3.64. The van der Waals surface area contributed by atoms with Gasteiger partial charge in [0.05, 0.1) is 49.3 Å². The maximum absolute atomic E-state index is 13.1. The molecule has 2 saturated heterocycles. The molecule has 1 N–H and O–H groups in total. The van der Waals surface area contributed by atoms with Crippen LogP contribution in [0.2, 0.25) is 0 Å². The molecular formula is C34H41N3O8. The molecule has 0 bridgehead atoms. The van der Waals surface area contributed by atoms with Crippen LogP contribution in [0.1, 0.15) is 71.2 Å². The molecule has 6 rings (SSSR count). The summed E-state index contributed by atoms with van der Waals surface area (Å²) in [6.45, 7) is 4.60. The zero-order chi connectivity index (χ0) is 31.2. The summed E-state index contributed by atoms with van der Waals surface area (Å²) in [5.74, 6) is -1.97. The summed E-state index contributed by atoms with van der Waals surface area (Å²) in [4.78, 5) is 53.1. The number of nitrogens with one attached hydrogen (secondary N) is 1. The summed E-state index contributed by atoms with van der Waals surface area (Å²) in [5, 5.41) is 2.23. The van der Waals surface area contributed by atoms with E-state index >= 15 is 0 Å². The van der Waals surface area contributed by atoms with Gasteiger partial charge in [-0.15, -0.1) is 0 Å². The SMILES string of the molecule is O=C1CCC(N2C(=O)c3ccc(N4CCC(OCCOCCCOC5CC(OCc6ccccc6)C5)CC4)cc3C2=O)C(=O)N1. The van der Waals surface area contributed by atoms with Crippen molar-refractivity contribution in [1.82, 2.24) is 10.2 Å². The van der Waals surface area contributed by atoms with E-state index in [4.69, 9.17) is 18.9 Å². The monoisotopic (exact) mass is 619 g/mol. The molecule has 3 heterocycles. The van der Waals surface area contributed by atoms with Crippen molar-refractivity contribution in [2.24, 2.45) is 0 Å². The number of fused-ring (bicyclic) bond motifs is 1. The van der Waals surface area contributed by atoms with Gasteiger partial charge in [0.15, 0.2) is 0 Å². The zero-order valence-electron chi connectivity index (χ0n) is 25.5. The van der Waals surface area contributed by atoms with E-state index < -0.39 is 23.8 Å². The Kier molecular flexibility index (Phi) is 10.2. The first-order valence-electron chi connectivity index (χ1n) is 16.0. The van der Waals surface area contributed by atoms with Crippen LogP contribution in [-0.4, -0.2) is 92.4 Å². The van der Waals surface area contributed by atoms with Gasteiger partial charge in [-0.1, -0.05) is 30.3 Å². The van der Waals surface area contributed by atoms with E-state index in [2.05, 4.69) is 22.3 Å². The second kappa shape index (κ2) is 14.6. The highest BCUT2D eigenvalue weighted by Crippen LogP contribution is 2.32. The van der Waals surface area contributed by atoms with Gasteiger partial charge < -0.3 is 23.8 Å². The van der Waals surface area contributed by atoms with Crippen LogP contribution in [0.3, 0.4) is 0 Å². The zero-order valence-corrected chi connectivity index (χ0v) is 25.5. The molecule has 1 aliphatic carbocycles. The fraction of sp³-hybridized carbons (Fsp3) is 0.529. The fourth-order valence-electron chi connectivity index (χ4n) is 6.30. The maximum atomic E-state index is 13.1. The highest BCUT2D eigenvalue weighted by Gasteiger charge is 2.44. The number of piperidine rings is 2. The van der Waals surface area contributed by atoms with Crippen molar-refractivity contribution in [2.45, 2.75) is 75.9 Å². The first-order valence-corrected chi connectivity index (χ1v) is 16.0. The summed E-state index contributed by atoms with van der Waals surface area (Å²) in [7, 11) is 0. The average Bonchev–Trinajstić information content (AvgIpc) is 3.28. The number of ether oxygens (including phenoxy) is 4. The lowest BCUT2D eigenvalue weighted by Gasteiger charge is -2.35. The lowest BCUT2D eigenvalue weighted by Crippen LogP contribution is -2.54. The first kappa shape index (κ1) is 31.3. The van der Waals surface area contributed by atoms with Crippen LogP contribution in [0.25, 0.3) is 0 Å². The van der Waals surface area contributed by atoms with E-state index in [0.29, 0.717) is 44.2 Å². The van der Waals surface area contributed by atoms with Gasteiger partial charge in [0.1, 0.15) is 6.04 Å². The third kappa shape index (κ3) is 7.61. The fourth-order valence-corrected chi connectivity index (χ4v) is 6.30. The van der Waals surface area contributed by atoms with Gasteiger partial charge in [-0.05, 0) is 62.3 Å². The minimum atomic E-state index is -0.963. The Morgan fingerprint density at radius 2 is 1.47 bits per heavy atom. The molecule has 4 aliphatic rings. The van der Waals surface area contributed by atoms with E-state index in [0.717, 1.165) is 55.8 Å². The van der Waals surface area contributed by atoms with Crippen molar-refractivity contribution in [3.05, 3.63) is 65.2 Å². The minimum absolute atomic E-state index is 0.0981. The van der Waals surface area contributed by atoms with E-state index in [-0.39, 0.29) is 37.1 Å². The van der Waals surface area contributed by atoms with Crippen molar-refractivity contribution in [1.29, 1.82) is 0 Å². The molecule has 1 saturated carbocycles. The van der Waals surface area contributed by atoms with Crippen LogP contribution in [0.15, 0.2) is 48.5 Å². The largest absolute Gasteiger partial charge is 0.379 e. The quantitative estimate of drug-likeness (QED) is 0.251. The second-order valence-corrected chi connectivity index (χ2v) is 12.1. The molecule has 3 fully saturated rings. The molecule has 11 nitrogen and oxygen atoms in total. The van der Waals surface area contributed by atoms with Crippen LogP contribution in [0.4, 0.5) is 5.69 Å². The molecule has 3 aliphatic heterocycles. The smallest absolute Gasteiger partial charge is 0.262 e. The van der Waals surface area contributed by atoms with Gasteiger partial charge in [0.2, 0.25) is 11.8 Å². The molecule has 4 amide bonds. The van der Waals surface area contributed by atoms with E-state index in [1.807, 2.05) is 24.3 Å². The second-order valence-electron chi connectivity index (χ2n) is 12.1. The van der Waals surface area contributed by atoms with Crippen LogP contribution in [0, 0.1) is 0 Å². The summed E-state index contributed by atoms with van der Waals surface area (Å²) in [5.41, 5.74) is 2.65. The van der Waals surface area contributed by atoms with Crippen molar-refractivity contribution in [3.63, 3.8) is 0 Å². The molecule has 0 aromatic heterocycles. The summed E-state index contributed by atoms with van der Waals surface area (Å²) < 4.78 is 23.6. The van der Waals surface area contributed by atoms with Crippen LogP contribution in [-0.2, 0) is 35.1 Å². The highest BCUT2D eigenvalue weighted by atomic mass is 16.5. The maximum Gasteiger partial charge on any atom is 0.262 e. The predicted octanol–water partition coefficient (Wildman–Crippen LogP) is 3.24. The van der Waals surface area contributed by atoms with Gasteiger partial charge in [-0.2, -0.15) is 0 Å². The van der Waals surface area contributed by atoms with Gasteiger partial charge in [-0.25, -0.2) is 0 Å². The molecule has 1 atom stereocenters. The van der Waals surface area contributed by atoms with Gasteiger partial charge in [0, 0.05) is 38.4 Å². The number of hydrogen-bond acceptors (Lipinski definition) is 9. The predicted molar refractivity (Wildman–Crippen MR) is 164 cm³/mol. The third-order valence-electron chi connectivity index (χ3n) is 8.98. The number of hydrogen-bond donors (Lipinski definition) is 1. The van der Waals surface area contributed by atoms with Crippen molar-refractivity contribution < 1.29 is 38.1 Å². The number of nitrogens with zero attached hydrogens (tertiary/aromatic N) is 2. The number of amides is 4. The summed E-state index contributed by atoms with van der Waals surface area (Å²) >= 11 is 0. The molecule has 2 aromatic carbocycles. The lowest BCUT2D eigenvalue weighted by atomic mass is 9.92. The molecule has 240 valence electrons. The summed E-state index contributed by atoms with van der Waals surface area (Å²) in [6.07, 6.45) is 5.40. The Morgan fingerprint density at radius 3 is 2.24 bits per heavy atom. The Bertz CT molecular complexity index is 1370. The number of rotatable bonds is 14. The Morgan fingerprint density at radius 1 is 0.733 bits per heavy atom. The van der Waals surface area contributed by atoms with Gasteiger partial charge >= 0.3 is 0 Å². The van der Waals surface area contributed by atoms with Gasteiger partial charge in [-0.3, -0.25) is 29.4 Å². The molecular weight excluding hydrogens is 578 g/mol. The van der Waals surface area contributed by atoms with Crippen LogP contribution in [0.5, 0.6) is 0 Å². The Balaban J connectivity index is 0.824. The molecule has 0 spiro atoms. The number of benzene rings is 2. The topological polar surface area (TPSA) is 124 Å². The minimum Gasteiger partial charge on any atom is -0.379 e. The third-order valence-corrected chi connectivity index (χ3v) is 8.98. The molecule has 2 aromatic rings. The van der Waals surface area contributed by atoms with E-state index in [1.54, 1.807) is 12.1 Å². The number of carbonyl (C=O) groups excluding carboxylic acids is 4. The van der Waals surface area contributed by atoms with Crippen molar-refractivity contribution in [3.8, 4) is 0 Å². The molecule has 45 heavy (non-hydrogen) atoms. The van der Waals surface area contributed by atoms with E-state index in [1.165, 1.54) is 5.56 Å².